The lowest BCUT2D eigenvalue weighted by Crippen LogP contribution is -2.42. The number of hydrogen-bond donors (Lipinski definition) is 2. The standard InChI is InChI=1S/C27H22FN3O4/c28-18-9-11-19(12-10-18)31-15-17(14-29-31)13-25(26(32)33)30-27(34)35-16-24-22-7-3-1-5-20(22)21-6-2-4-8-23(21)24/h1-12,14-15,24-25H,13,16H2,(H,30,34)(H,32,33). The molecule has 5 rings (SSSR count). The Morgan fingerprint density at radius 3 is 2.26 bits per heavy atom. The maximum Gasteiger partial charge on any atom is 0.407 e. The number of carbonyl (C=O) groups excluding carboxylic acids is 1. The van der Waals surface area contributed by atoms with Crippen molar-refractivity contribution in [3.8, 4) is 16.8 Å². The van der Waals surface area contributed by atoms with E-state index in [1.54, 1.807) is 18.3 Å². The van der Waals surface area contributed by atoms with Crippen LogP contribution in [-0.2, 0) is 16.0 Å². The van der Waals surface area contributed by atoms with Crippen molar-refractivity contribution >= 4 is 12.1 Å². The smallest absolute Gasteiger partial charge is 0.407 e. The molecular weight excluding hydrogens is 449 g/mol. The Bertz CT molecular complexity index is 1340. The first kappa shape index (κ1) is 22.3. The predicted molar refractivity (Wildman–Crippen MR) is 127 cm³/mol. The highest BCUT2D eigenvalue weighted by Crippen LogP contribution is 2.44. The molecule has 1 atom stereocenters. The molecule has 4 aromatic rings. The average molecular weight is 471 g/mol. The fourth-order valence-corrected chi connectivity index (χ4v) is 4.42. The van der Waals surface area contributed by atoms with Crippen LogP contribution < -0.4 is 5.32 Å². The predicted octanol–water partition coefficient (Wildman–Crippen LogP) is 4.55. The first-order chi connectivity index (χ1) is 17.0. The Kier molecular flexibility index (Phi) is 6.01. The van der Waals surface area contributed by atoms with Crippen LogP contribution in [0.2, 0.25) is 0 Å². The summed E-state index contributed by atoms with van der Waals surface area (Å²) in [6.07, 6.45) is 2.37. The molecule has 7 nitrogen and oxygen atoms in total. The van der Waals surface area contributed by atoms with Gasteiger partial charge < -0.3 is 15.2 Å². The number of aliphatic carboxylic acids is 1. The minimum atomic E-state index is -1.20. The van der Waals surface area contributed by atoms with Crippen LogP contribution in [0.1, 0.15) is 22.6 Å². The van der Waals surface area contributed by atoms with Crippen LogP contribution in [0.5, 0.6) is 0 Å². The lowest BCUT2D eigenvalue weighted by Gasteiger charge is -2.17. The van der Waals surface area contributed by atoms with Crippen LogP contribution in [0.3, 0.4) is 0 Å². The van der Waals surface area contributed by atoms with Gasteiger partial charge in [-0.3, -0.25) is 0 Å². The number of nitrogens with one attached hydrogen (secondary N) is 1. The van der Waals surface area contributed by atoms with Crippen molar-refractivity contribution in [1.29, 1.82) is 0 Å². The van der Waals surface area contributed by atoms with Crippen LogP contribution in [0, 0.1) is 5.82 Å². The van der Waals surface area contributed by atoms with Gasteiger partial charge >= 0.3 is 12.1 Å². The molecule has 0 fully saturated rings. The highest BCUT2D eigenvalue weighted by Gasteiger charge is 2.30. The summed E-state index contributed by atoms with van der Waals surface area (Å²) in [5.74, 6) is -1.67. The van der Waals surface area contributed by atoms with Crippen LogP contribution in [0.4, 0.5) is 9.18 Å². The fraction of sp³-hybridized carbons (Fsp3) is 0.148. The van der Waals surface area contributed by atoms with Crippen LogP contribution in [0.25, 0.3) is 16.8 Å². The summed E-state index contributed by atoms with van der Waals surface area (Å²) in [5, 5.41) is 16.3. The number of benzene rings is 3. The number of carboxylic acid groups (broad SMARTS) is 1. The molecule has 0 radical (unpaired) electrons. The number of ether oxygens (including phenoxy) is 1. The van der Waals surface area contributed by atoms with E-state index in [2.05, 4.69) is 10.4 Å². The number of aromatic nitrogens is 2. The van der Waals surface area contributed by atoms with Gasteiger partial charge in [0.15, 0.2) is 0 Å². The van der Waals surface area contributed by atoms with Crippen LogP contribution in [-0.4, -0.2) is 39.6 Å². The molecule has 8 heteroatoms. The van der Waals surface area contributed by atoms with Gasteiger partial charge in [0.1, 0.15) is 18.5 Å². The molecule has 1 aromatic heterocycles. The highest BCUT2D eigenvalue weighted by atomic mass is 19.1. The molecule has 1 aliphatic rings. The van der Waals surface area contributed by atoms with Gasteiger partial charge in [-0.1, -0.05) is 48.5 Å². The molecule has 1 amide bonds. The van der Waals surface area contributed by atoms with Crippen LogP contribution in [0.15, 0.2) is 85.2 Å². The minimum Gasteiger partial charge on any atom is -0.480 e. The summed E-state index contributed by atoms with van der Waals surface area (Å²) in [4.78, 5) is 24.3. The van der Waals surface area contributed by atoms with E-state index in [1.807, 2.05) is 48.5 Å². The summed E-state index contributed by atoms with van der Waals surface area (Å²) in [6.45, 7) is 0.0920. The monoisotopic (exact) mass is 471 g/mol. The number of carboxylic acids is 1. The van der Waals surface area contributed by atoms with E-state index in [-0.39, 0.29) is 24.8 Å². The van der Waals surface area contributed by atoms with E-state index < -0.39 is 18.1 Å². The van der Waals surface area contributed by atoms with Crippen molar-refractivity contribution in [1.82, 2.24) is 15.1 Å². The SMILES string of the molecule is O=C(NC(Cc1cnn(-c2ccc(F)cc2)c1)C(=O)O)OCC1c2ccccc2-c2ccccc21. The van der Waals surface area contributed by atoms with Gasteiger partial charge in [0.05, 0.1) is 11.9 Å². The van der Waals surface area contributed by atoms with Crippen molar-refractivity contribution in [2.24, 2.45) is 0 Å². The Balaban J connectivity index is 1.23. The van der Waals surface area contributed by atoms with Gasteiger partial charge in [-0.2, -0.15) is 5.10 Å². The molecule has 3 aromatic carbocycles. The molecule has 0 aliphatic heterocycles. The Labute approximate surface area is 200 Å². The van der Waals surface area contributed by atoms with Gasteiger partial charge in [0.2, 0.25) is 0 Å². The quantitative estimate of drug-likeness (QED) is 0.413. The van der Waals surface area contributed by atoms with Crippen molar-refractivity contribution in [3.63, 3.8) is 0 Å². The van der Waals surface area contributed by atoms with Gasteiger partial charge in [0.25, 0.3) is 0 Å². The third-order valence-corrected chi connectivity index (χ3v) is 6.10. The van der Waals surface area contributed by atoms with Gasteiger partial charge in [0, 0.05) is 18.5 Å². The van der Waals surface area contributed by atoms with Gasteiger partial charge in [-0.25, -0.2) is 18.7 Å². The summed E-state index contributed by atoms with van der Waals surface area (Å²) >= 11 is 0. The normalized spacial score (nSPS) is 13.1. The summed E-state index contributed by atoms with van der Waals surface area (Å²) < 4.78 is 20.1. The van der Waals surface area contributed by atoms with Crippen molar-refractivity contribution in [2.75, 3.05) is 6.61 Å². The van der Waals surface area contributed by atoms with Crippen molar-refractivity contribution in [3.05, 3.63) is 108 Å². The van der Waals surface area contributed by atoms with E-state index in [0.29, 0.717) is 11.3 Å². The van der Waals surface area contributed by atoms with Crippen LogP contribution >= 0.6 is 0 Å². The van der Waals surface area contributed by atoms with Crippen molar-refractivity contribution in [2.45, 2.75) is 18.4 Å². The zero-order chi connectivity index (χ0) is 24.4. The number of carbonyl (C=O) groups is 2. The minimum absolute atomic E-state index is 0.0146. The fourth-order valence-electron chi connectivity index (χ4n) is 4.42. The summed E-state index contributed by atoms with van der Waals surface area (Å²) in [7, 11) is 0. The Morgan fingerprint density at radius 2 is 1.63 bits per heavy atom. The number of halogens is 1. The summed E-state index contributed by atoms with van der Waals surface area (Å²) in [5.41, 5.74) is 5.60. The first-order valence-electron chi connectivity index (χ1n) is 11.1. The van der Waals surface area contributed by atoms with E-state index in [0.717, 1.165) is 22.3 Å². The number of fused-ring (bicyclic) bond motifs is 3. The molecule has 2 N–H and O–H groups in total. The molecule has 0 bridgehead atoms. The maximum atomic E-state index is 13.2. The third-order valence-electron chi connectivity index (χ3n) is 6.10. The molecule has 176 valence electrons. The first-order valence-corrected chi connectivity index (χ1v) is 11.1. The second kappa shape index (κ2) is 9.42. The van der Waals surface area contributed by atoms with E-state index >= 15 is 0 Å². The molecule has 0 saturated carbocycles. The molecule has 0 spiro atoms. The average Bonchev–Trinajstić information content (AvgIpc) is 3.45. The molecule has 1 unspecified atom stereocenters. The molecule has 1 aliphatic carbocycles. The Hall–Kier alpha value is -4.46. The Morgan fingerprint density at radius 1 is 1.00 bits per heavy atom. The largest absolute Gasteiger partial charge is 0.480 e. The molecule has 35 heavy (non-hydrogen) atoms. The zero-order valence-corrected chi connectivity index (χ0v) is 18.6. The molecule has 1 heterocycles. The number of hydrogen-bond acceptors (Lipinski definition) is 4. The van der Waals surface area contributed by atoms with Gasteiger partial charge in [-0.15, -0.1) is 0 Å². The number of alkyl carbamates (subject to hydrolysis) is 1. The van der Waals surface area contributed by atoms with E-state index in [1.165, 1.54) is 23.0 Å². The second-order valence-electron chi connectivity index (χ2n) is 8.33. The zero-order valence-electron chi connectivity index (χ0n) is 18.6. The number of nitrogens with zero attached hydrogens (tertiary/aromatic N) is 2. The second-order valence-corrected chi connectivity index (χ2v) is 8.33. The van der Waals surface area contributed by atoms with E-state index in [9.17, 15) is 19.1 Å². The van der Waals surface area contributed by atoms with E-state index in [4.69, 9.17) is 4.74 Å². The number of amides is 1. The maximum absolute atomic E-state index is 13.2. The summed E-state index contributed by atoms with van der Waals surface area (Å²) in [6, 6.07) is 20.5. The topological polar surface area (TPSA) is 93.5 Å². The van der Waals surface area contributed by atoms with Gasteiger partial charge in [-0.05, 0) is 52.1 Å². The lowest BCUT2D eigenvalue weighted by atomic mass is 9.98. The van der Waals surface area contributed by atoms with Crippen molar-refractivity contribution < 1.29 is 23.8 Å². The highest BCUT2D eigenvalue weighted by molar-refractivity contribution is 5.81. The molecule has 0 saturated heterocycles. The third kappa shape index (κ3) is 4.63. The molecular formula is C27H22FN3O4. The lowest BCUT2D eigenvalue weighted by molar-refractivity contribution is -0.139. The number of rotatable bonds is 7.